The Morgan fingerprint density at radius 2 is 1.84 bits per heavy atom. The molecule has 2 atom stereocenters. The summed E-state index contributed by atoms with van der Waals surface area (Å²) < 4.78 is 12.1. The van der Waals surface area contributed by atoms with Gasteiger partial charge in [-0.05, 0) is 31.6 Å². The van der Waals surface area contributed by atoms with E-state index in [0.717, 1.165) is 37.8 Å². The summed E-state index contributed by atoms with van der Waals surface area (Å²) in [5, 5.41) is 13.0. The fourth-order valence-electron chi connectivity index (χ4n) is 4.90. The highest BCUT2D eigenvalue weighted by Gasteiger charge is 2.63. The molecule has 1 aliphatic heterocycles. The lowest BCUT2D eigenvalue weighted by molar-refractivity contribution is -0.278. The molecule has 4 heteroatoms. The summed E-state index contributed by atoms with van der Waals surface area (Å²) in [5.74, 6) is 0.0289. The lowest BCUT2D eigenvalue weighted by atomic mass is 9.49. The van der Waals surface area contributed by atoms with Crippen molar-refractivity contribution in [2.45, 2.75) is 58.7 Å². The molecule has 0 radical (unpaired) electrons. The molecule has 0 bridgehead atoms. The molecule has 3 aliphatic rings. The van der Waals surface area contributed by atoms with Crippen molar-refractivity contribution >= 4 is 5.71 Å². The third-order valence-corrected chi connectivity index (χ3v) is 6.04. The second kappa shape index (κ2) is 4.19. The summed E-state index contributed by atoms with van der Waals surface area (Å²) in [5.41, 5.74) is 0.925. The van der Waals surface area contributed by atoms with Gasteiger partial charge >= 0.3 is 0 Å². The van der Waals surface area contributed by atoms with Crippen molar-refractivity contribution in [3.05, 3.63) is 0 Å². The van der Waals surface area contributed by atoms with E-state index in [9.17, 15) is 5.21 Å². The van der Waals surface area contributed by atoms with Gasteiger partial charge in [0.2, 0.25) is 0 Å². The molecule has 0 aromatic rings. The van der Waals surface area contributed by atoms with Crippen LogP contribution in [0.25, 0.3) is 0 Å². The maximum Gasteiger partial charge on any atom is 0.173 e. The predicted octanol–water partition coefficient (Wildman–Crippen LogP) is 3.19. The van der Waals surface area contributed by atoms with Crippen LogP contribution in [0.5, 0.6) is 0 Å². The zero-order valence-electron chi connectivity index (χ0n) is 12.2. The minimum atomic E-state index is -0.422. The Kier molecular flexibility index (Phi) is 2.95. The van der Waals surface area contributed by atoms with Crippen LogP contribution in [0.1, 0.15) is 52.9 Å². The first kappa shape index (κ1) is 13.4. The van der Waals surface area contributed by atoms with Crippen LogP contribution in [-0.4, -0.2) is 29.9 Å². The van der Waals surface area contributed by atoms with Gasteiger partial charge in [0, 0.05) is 17.3 Å². The number of fused-ring (bicyclic) bond motifs is 1. The topological polar surface area (TPSA) is 51.1 Å². The van der Waals surface area contributed by atoms with Gasteiger partial charge in [-0.15, -0.1) is 0 Å². The summed E-state index contributed by atoms with van der Waals surface area (Å²) in [6.45, 7) is 8.19. The molecule has 3 rings (SSSR count). The molecule has 108 valence electrons. The van der Waals surface area contributed by atoms with Crippen molar-refractivity contribution in [2.24, 2.45) is 21.9 Å². The zero-order valence-corrected chi connectivity index (χ0v) is 12.2. The van der Waals surface area contributed by atoms with E-state index >= 15 is 0 Å². The Hall–Kier alpha value is -0.610. The number of hydrogen-bond donors (Lipinski definition) is 1. The largest absolute Gasteiger partial charge is 0.411 e. The van der Waals surface area contributed by atoms with Crippen molar-refractivity contribution < 1.29 is 14.7 Å². The molecule has 19 heavy (non-hydrogen) atoms. The molecular formula is C15H25NO3. The van der Waals surface area contributed by atoms with E-state index in [1.807, 2.05) is 0 Å². The normalized spacial score (nSPS) is 42.5. The smallest absolute Gasteiger partial charge is 0.173 e. The van der Waals surface area contributed by atoms with Gasteiger partial charge in [-0.25, -0.2) is 0 Å². The van der Waals surface area contributed by atoms with E-state index in [0.29, 0.717) is 19.1 Å². The molecule has 1 N–H and O–H groups in total. The van der Waals surface area contributed by atoms with Gasteiger partial charge in [0.1, 0.15) is 0 Å². The van der Waals surface area contributed by atoms with Gasteiger partial charge in [-0.2, -0.15) is 0 Å². The first-order valence-electron chi connectivity index (χ1n) is 7.46. The zero-order chi connectivity index (χ0) is 13.7. The van der Waals surface area contributed by atoms with Crippen LogP contribution in [0, 0.1) is 16.7 Å². The molecule has 4 nitrogen and oxygen atoms in total. The highest BCUT2D eigenvalue weighted by Crippen LogP contribution is 2.62. The van der Waals surface area contributed by atoms with Crippen LogP contribution < -0.4 is 0 Å². The first-order valence-corrected chi connectivity index (χ1v) is 7.46. The second-order valence-corrected chi connectivity index (χ2v) is 7.08. The lowest BCUT2D eigenvalue weighted by Gasteiger charge is -2.59. The predicted molar refractivity (Wildman–Crippen MR) is 72.3 cm³/mol. The van der Waals surface area contributed by atoms with E-state index < -0.39 is 5.79 Å². The van der Waals surface area contributed by atoms with Crippen molar-refractivity contribution in [3.8, 4) is 0 Å². The second-order valence-electron chi connectivity index (χ2n) is 7.08. The SMILES string of the molecule is CC1(C)[C@@H]2CCC/C(=N\O)[C@@]2(C)CCC12OCCO2. The van der Waals surface area contributed by atoms with Crippen LogP contribution in [0.4, 0.5) is 0 Å². The fraction of sp³-hybridized carbons (Fsp3) is 0.933. The first-order chi connectivity index (χ1) is 8.96. The quantitative estimate of drug-likeness (QED) is 0.541. The van der Waals surface area contributed by atoms with Gasteiger partial charge in [0.05, 0.1) is 18.9 Å². The van der Waals surface area contributed by atoms with E-state index in [4.69, 9.17) is 9.47 Å². The van der Waals surface area contributed by atoms with Crippen molar-refractivity contribution in [3.63, 3.8) is 0 Å². The van der Waals surface area contributed by atoms with Gasteiger partial charge in [0.15, 0.2) is 5.79 Å². The Morgan fingerprint density at radius 1 is 1.16 bits per heavy atom. The Bertz CT molecular complexity index is 398. The van der Waals surface area contributed by atoms with Gasteiger partial charge in [-0.3, -0.25) is 0 Å². The number of hydrogen-bond acceptors (Lipinski definition) is 4. The monoisotopic (exact) mass is 267 g/mol. The summed E-state index contributed by atoms with van der Waals surface area (Å²) in [7, 11) is 0. The van der Waals surface area contributed by atoms with Crippen LogP contribution >= 0.6 is 0 Å². The number of rotatable bonds is 0. The molecule has 0 amide bonds. The molecule has 3 fully saturated rings. The Balaban J connectivity index is 2.00. The third-order valence-electron chi connectivity index (χ3n) is 6.04. The summed E-state index contributed by atoms with van der Waals surface area (Å²) >= 11 is 0. The molecule has 0 unspecified atom stereocenters. The van der Waals surface area contributed by atoms with E-state index in [-0.39, 0.29) is 10.8 Å². The van der Waals surface area contributed by atoms with Crippen LogP contribution in [0.15, 0.2) is 5.16 Å². The number of nitrogens with zero attached hydrogens (tertiary/aromatic N) is 1. The van der Waals surface area contributed by atoms with Crippen molar-refractivity contribution in [2.75, 3.05) is 13.2 Å². The molecule has 0 aromatic carbocycles. The highest BCUT2D eigenvalue weighted by molar-refractivity contribution is 5.90. The van der Waals surface area contributed by atoms with Crippen molar-refractivity contribution in [1.29, 1.82) is 0 Å². The van der Waals surface area contributed by atoms with E-state index in [2.05, 4.69) is 25.9 Å². The molecule has 2 saturated carbocycles. The molecule has 1 heterocycles. The minimum absolute atomic E-state index is 0.00292. The van der Waals surface area contributed by atoms with Gasteiger partial charge in [0.25, 0.3) is 0 Å². The summed E-state index contributed by atoms with van der Waals surface area (Å²) in [4.78, 5) is 0. The summed E-state index contributed by atoms with van der Waals surface area (Å²) in [6, 6.07) is 0. The Labute approximate surface area is 115 Å². The fourth-order valence-corrected chi connectivity index (χ4v) is 4.90. The van der Waals surface area contributed by atoms with Gasteiger partial charge < -0.3 is 14.7 Å². The van der Waals surface area contributed by atoms with Crippen molar-refractivity contribution in [1.82, 2.24) is 0 Å². The standard InChI is InChI=1S/C15H25NO3/c1-13(2)11-5-4-6-12(16-17)14(11,3)7-8-15(13)18-9-10-19-15/h11,17H,4-10H2,1-3H3/b16-12+/t11-,14-/m0/s1. The molecular weight excluding hydrogens is 242 g/mol. The van der Waals surface area contributed by atoms with Crippen LogP contribution in [0.3, 0.4) is 0 Å². The average molecular weight is 267 g/mol. The van der Waals surface area contributed by atoms with Crippen LogP contribution in [0.2, 0.25) is 0 Å². The summed E-state index contributed by atoms with van der Waals surface area (Å²) in [6.07, 6.45) is 5.07. The molecule has 1 saturated heterocycles. The van der Waals surface area contributed by atoms with E-state index in [1.165, 1.54) is 0 Å². The molecule has 2 aliphatic carbocycles. The number of ether oxygens (including phenoxy) is 2. The average Bonchev–Trinajstić information content (AvgIpc) is 2.85. The molecule has 0 aromatic heterocycles. The lowest BCUT2D eigenvalue weighted by Crippen LogP contribution is -2.61. The minimum Gasteiger partial charge on any atom is -0.411 e. The maximum absolute atomic E-state index is 9.35. The van der Waals surface area contributed by atoms with Gasteiger partial charge in [-0.1, -0.05) is 25.9 Å². The molecule has 1 spiro atoms. The third kappa shape index (κ3) is 1.62. The highest BCUT2D eigenvalue weighted by atomic mass is 16.7. The number of oxime groups is 1. The van der Waals surface area contributed by atoms with Crippen LogP contribution in [-0.2, 0) is 9.47 Å². The van der Waals surface area contributed by atoms with E-state index in [1.54, 1.807) is 0 Å². The Morgan fingerprint density at radius 3 is 2.47 bits per heavy atom. The maximum atomic E-state index is 9.35.